The van der Waals surface area contributed by atoms with E-state index in [4.69, 9.17) is 10.8 Å². The average Bonchev–Trinajstić information content (AvgIpc) is 2.29. The molecule has 0 aliphatic rings. The SMILES string of the molecule is Nc1c(NCCO)ccc2ncccc12. The Morgan fingerprint density at radius 1 is 1.33 bits per heavy atom. The lowest BCUT2D eigenvalue weighted by atomic mass is 10.1. The monoisotopic (exact) mass is 203 g/mol. The second-order valence-electron chi connectivity index (χ2n) is 3.25. The normalized spacial score (nSPS) is 10.5. The summed E-state index contributed by atoms with van der Waals surface area (Å²) in [5.41, 5.74) is 8.37. The summed E-state index contributed by atoms with van der Waals surface area (Å²) in [5, 5.41) is 12.7. The van der Waals surface area contributed by atoms with E-state index in [1.54, 1.807) is 6.20 Å². The van der Waals surface area contributed by atoms with Crippen molar-refractivity contribution in [3.05, 3.63) is 30.5 Å². The molecule has 2 aromatic rings. The van der Waals surface area contributed by atoms with E-state index in [2.05, 4.69) is 10.3 Å². The second kappa shape index (κ2) is 4.14. The van der Waals surface area contributed by atoms with Gasteiger partial charge < -0.3 is 16.2 Å². The molecule has 15 heavy (non-hydrogen) atoms. The summed E-state index contributed by atoms with van der Waals surface area (Å²) in [4.78, 5) is 4.21. The summed E-state index contributed by atoms with van der Waals surface area (Å²) < 4.78 is 0. The van der Waals surface area contributed by atoms with E-state index in [-0.39, 0.29) is 6.61 Å². The number of aromatic nitrogens is 1. The molecule has 0 radical (unpaired) electrons. The lowest BCUT2D eigenvalue weighted by Crippen LogP contribution is -2.07. The summed E-state index contributed by atoms with van der Waals surface area (Å²) in [6, 6.07) is 7.57. The molecule has 0 saturated heterocycles. The van der Waals surface area contributed by atoms with E-state index in [0.717, 1.165) is 16.6 Å². The Balaban J connectivity index is 2.45. The van der Waals surface area contributed by atoms with Crippen molar-refractivity contribution in [2.75, 3.05) is 24.2 Å². The molecule has 0 saturated carbocycles. The lowest BCUT2D eigenvalue weighted by molar-refractivity contribution is 0.311. The standard InChI is InChI=1S/C11H13N3O/c12-11-8-2-1-5-13-9(8)3-4-10(11)14-6-7-15/h1-5,14-15H,6-7,12H2. The molecule has 1 heterocycles. The van der Waals surface area contributed by atoms with Crippen LogP contribution in [0.1, 0.15) is 0 Å². The minimum absolute atomic E-state index is 0.0878. The van der Waals surface area contributed by atoms with Crippen molar-refractivity contribution in [2.45, 2.75) is 0 Å². The van der Waals surface area contributed by atoms with Crippen LogP contribution in [0.5, 0.6) is 0 Å². The Hall–Kier alpha value is -1.81. The fourth-order valence-electron chi connectivity index (χ4n) is 1.52. The van der Waals surface area contributed by atoms with Crippen molar-refractivity contribution in [2.24, 2.45) is 0 Å². The van der Waals surface area contributed by atoms with Gasteiger partial charge in [0.15, 0.2) is 0 Å². The minimum atomic E-state index is 0.0878. The van der Waals surface area contributed by atoms with E-state index in [0.29, 0.717) is 12.2 Å². The quantitative estimate of drug-likeness (QED) is 0.656. The molecule has 0 amide bonds. The number of fused-ring (bicyclic) bond motifs is 1. The molecule has 1 aromatic carbocycles. The molecule has 0 spiro atoms. The van der Waals surface area contributed by atoms with Gasteiger partial charge in [0.2, 0.25) is 0 Å². The second-order valence-corrected chi connectivity index (χ2v) is 3.25. The zero-order valence-corrected chi connectivity index (χ0v) is 8.27. The van der Waals surface area contributed by atoms with E-state index in [1.807, 2.05) is 24.3 Å². The van der Waals surface area contributed by atoms with Crippen LogP contribution in [0.3, 0.4) is 0 Å². The van der Waals surface area contributed by atoms with Crippen molar-refractivity contribution < 1.29 is 5.11 Å². The maximum Gasteiger partial charge on any atom is 0.0724 e. The smallest absolute Gasteiger partial charge is 0.0724 e. The van der Waals surface area contributed by atoms with Crippen LogP contribution >= 0.6 is 0 Å². The highest BCUT2D eigenvalue weighted by Crippen LogP contribution is 2.26. The van der Waals surface area contributed by atoms with Gasteiger partial charge in [-0.2, -0.15) is 0 Å². The van der Waals surface area contributed by atoms with Crippen molar-refractivity contribution >= 4 is 22.3 Å². The number of nitrogens with zero attached hydrogens (tertiary/aromatic N) is 1. The Labute approximate surface area is 87.7 Å². The van der Waals surface area contributed by atoms with Crippen LogP contribution in [0.25, 0.3) is 10.9 Å². The van der Waals surface area contributed by atoms with Gasteiger partial charge in [-0.25, -0.2) is 0 Å². The Morgan fingerprint density at radius 2 is 2.20 bits per heavy atom. The largest absolute Gasteiger partial charge is 0.397 e. The predicted molar refractivity (Wildman–Crippen MR) is 61.7 cm³/mol. The first-order chi connectivity index (χ1) is 7.33. The van der Waals surface area contributed by atoms with Crippen molar-refractivity contribution in [3.63, 3.8) is 0 Å². The van der Waals surface area contributed by atoms with Crippen molar-refractivity contribution in [3.8, 4) is 0 Å². The summed E-state index contributed by atoms with van der Waals surface area (Å²) >= 11 is 0. The van der Waals surface area contributed by atoms with Crippen LogP contribution in [0, 0.1) is 0 Å². The highest BCUT2D eigenvalue weighted by Gasteiger charge is 2.03. The molecular formula is C11H13N3O. The number of hydrogen-bond donors (Lipinski definition) is 3. The first-order valence-electron chi connectivity index (χ1n) is 4.81. The van der Waals surface area contributed by atoms with Crippen molar-refractivity contribution in [1.82, 2.24) is 4.98 Å². The number of pyridine rings is 1. The number of rotatable bonds is 3. The first kappa shape index (κ1) is 9.73. The van der Waals surface area contributed by atoms with Gasteiger partial charge in [0, 0.05) is 18.1 Å². The van der Waals surface area contributed by atoms with Crippen LogP contribution < -0.4 is 11.1 Å². The molecule has 4 heteroatoms. The summed E-state index contributed by atoms with van der Waals surface area (Å²) in [6.07, 6.45) is 1.74. The lowest BCUT2D eigenvalue weighted by Gasteiger charge is -2.09. The number of nitrogens with one attached hydrogen (secondary N) is 1. The van der Waals surface area contributed by atoms with Gasteiger partial charge in [0.1, 0.15) is 0 Å². The van der Waals surface area contributed by atoms with E-state index in [1.165, 1.54) is 0 Å². The molecule has 0 fully saturated rings. The Morgan fingerprint density at radius 3 is 3.00 bits per heavy atom. The fourth-order valence-corrected chi connectivity index (χ4v) is 1.52. The number of benzene rings is 1. The molecule has 0 aliphatic carbocycles. The molecule has 78 valence electrons. The topological polar surface area (TPSA) is 71.2 Å². The minimum Gasteiger partial charge on any atom is -0.397 e. The van der Waals surface area contributed by atoms with Crippen molar-refractivity contribution in [1.29, 1.82) is 0 Å². The number of hydrogen-bond acceptors (Lipinski definition) is 4. The van der Waals surface area contributed by atoms with Gasteiger partial charge in [-0.15, -0.1) is 0 Å². The molecule has 0 unspecified atom stereocenters. The molecule has 0 aliphatic heterocycles. The van der Waals surface area contributed by atoms with Gasteiger partial charge >= 0.3 is 0 Å². The highest BCUT2D eigenvalue weighted by molar-refractivity contribution is 5.96. The molecular weight excluding hydrogens is 190 g/mol. The molecule has 4 N–H and O–H groups in total. The van der Waals surface area contributed by atoms with Gasteiger partial charge in [-0.3, -0.25) is 4.98 Å². The predicted octanol–water partition coefficient (Wildman–Crippen LogP) is 1.22. The summed E-state index contributed by atoms with van der Waals surface area (Å²) in [6.45, 7) is 0.584. The third-order valence-corrected chi connectivity index (χ3v) is 2.25. The maximum absolute atomic E-state index is 8.72. The van der Waals surface area contributed by atoms with Gasteiger partial charge in [0.25, 0.3) is 0 Å². The Bertz CT molecular complexity index is 470. The Kier molecular flexibility index (Phi) is 2.69. The molecule has 0 bridgehead atoms. The molecule has 0 atom stereocenters. The molecule has 1 aromatic heterocycles. The van der Waals surface area contributed by atoms with Gasteiger partial charge in [-0.1, -0.05) is 0 Å². The van der Waals surface area contributed by atoms with Crippen LogP contribution in [0.2, 0.25) is 0 Å². The van der Waals surface area contributed by atoms with Gasteiger partial charge in [-0.05, 0) is 24.3 Å². The van der Waals surface area contributed by atoms with Crippen LogP contribution in [0.4, 0.5) is 11.4 Å². The third kappa shape index (κ3) is 1.85. The first-order valence-corrected chi connectivity index (χ1v) is 4.81. The third-order valence-electron chi connectivity index (χ3n) is 2.25. The number of nitrogen functional groups attached to an aromatic ring is 1. The van der Waals surface area contributed by atoms with Crippen LogP contribution in [0.15, 0.2) is 30.5 Å². The molecule has 2 rings (SSSR count). The zero-order valence-electron chi connectivity index (χ0n) is 8.27. The summed E-state index contributed by atoms with van der Waals surface area (Å²) in [7, 11) is 0. The van der Waals surface area contributed by atoms with Gasteiger partial charge in [0.05, 0.1) is 23.5 Å². The number of aliphatic hydroxyl groups excluding tert-OH is 1. The molecule has 4 nitrogen and oxygen atoms in total. The van der Waals surface area contributed by atoms with E-state index < -0.39 is 0 Å². The van der Waals surface area contributed by atoms with Crippen LogP contribution in [-0.4, -0.2) is 23.2 Å². The zero-order chi connectivity index (χ0) is 10.7. The van der Waals surface area contributed by atoms with E-state index in [9.17, 15) is 0 Å². The number of nitrogens with two attached hydrogens (primary N) is 1. The number of aliphatic hydroxyl groups is 1. The average molecular weight is 203 g/mol. The van der Waals surface area contributed by atoms with Crippen LogP contribution in [-0.2, 0) is 0 Å². The number of anilines is 2. The fraction of sp³-hybridized carbons (Fsp3) is 0.182. The van der Waals surface area contributed by atoms with E-state index >= 15 is 0 Å². The highest BCUT2D eigenvalue weighted by atomic mass is 16.3. The summed E-state index contributed by atoms with van der Waals surface area (Å²) in [5.74, 6) is 0. The maximum atomic E-state index is 8.72.